The van der Waals surface area contributed by atoms with Crippen molar-refractivity contribution in [3.8, 4) is 0 Å². The van der Waals surface area contributed by atoms with E-state index in [1.54, 1.807) is 4.57 Å². The van der Waals surface area contributed by atoms with E-state index < -0.39 is 0 Å². The van der Waals surface area contributed by atoms with E-state index in [-0.39, 0.29) is 11.6 Å². The van der Waals surface area contributed by atoms with Crippen molar-refractivity contribution in [3.63, 3.8) is 0 Å². The van der Waals surface area contributed by atoms with Crippen LogP contribution in [-0.2, 0) is 17.9 Å². The molecule has 3 heterocycles. The summed E-state index contributed by atoms with van der Waals surface area (Å²) in [6.07, 6.45) is 3.82. The lowest BCUT2D eigenvalue weighted by Crippen LogP contribution is -2.55. The Labute approximate surface area is 178 Å². The van der Waals surface area contributed by atoms with Gasteiger partial charge in [-0.1, -0.05) is 19.1 Å². The van der Waals surface area contributed by atoms with E-state index in [2.05, 4.69) is 23.8 Å². The van der Waals surface area contributed by atoms with Gasteiger partial charge in [-0.2, -0.15) is 0 Å². The summed E-state index contributed by atoms with van der Waals surface area (Å²) < 4.78 is 3.61. The van der Waals surface area contributed by atoms with Crippen molar-refractivity contribution in [2.24, 2.45) is 0 Å². The summed E-state index contributed by atoms with van der Waals surface area (Å²) in [5.74, 6) is 0.162. The number of fused-ring (bicyclic) bond motifs is 1. The summed E-state index contributed by atoms with van der Waals surface area (Å²) in [7, 11) is 2.20. The number of amides is 1. The van der Waals surface area contributed by atoms with Crippen LogP contribution >= 0.6 is 0 Å². The number of piperazine rings is 1. The molecule has 2 aromatic rings. The minimum atomic E-state index is -0.00270. The number of carbonyl (C=O) groups excluding carboxylic acids is 1. The van der Waals surface area contributed by atoms with Crippen molar-refractivity contribution in [1.29, 1.82) is 0 Å². The van der Waals surface area contributed by atoms with E-state index in [0.29, 0.717) is 25.6 Å². The molecule has 0 saturated carbocycles. The van der Waals surface area contributed by atoms with E-state index in [1.807, 2.05) is 33.7 Å². The molecule has 0 bridgehead atoms. The predicted octanol–water partition coefficient (Wildman–Crippen LogP) is 1.84. The number of rotatable bonds is 6. The van der Waals surface area contributed by atoms with Crippen LogP contribution in [0, 0.1) is 0 Å². The van der Waals surface area contributed by atoms with E-state index >= 15 is 0 Å². The molecule has 164 valence electrons. The maximum atomic E-state index is 12.9. The molecule has 1 amide bonds. The molecular weight excluding hydrogens is 378 g/mol. The van der Waals surface area contributed by atoms with E-state index in [4.69, 9.17) is 0 Å². The molecule has 2 fully saturated rings. The fourth-order valence-electron chi connectivity index (χ4n) is 5.07. The summed E-state index contributed by atoms with van der Waals surface area (Å²) in [5, 5.41) is 0. The number of piperidine rings is 1. The van der Waals surface area contributed by atoms with Crippen LogP contribution in [0.15, 0.2) is 29.1 Å². The number of likely N-dealkylation sites (tertiary alicyclic amines) is 1. The highest BCUT2D eigenvalue weighted by atomic mass is 16.2. The predicted molar refractivity (Wildman–Crippen MR) is 120 cm³/mol. The smallest absolute Gasteiger partial charge is 0.329 e. The monoisotopic (exact) mass is 413 g/mol. The van der Waals surface area contributed by atoms with E-state index in [1.165, 1.54) is 19.4 Å². The molecule has 0 aliphatic carbocycles. The van der Waals surface area contributed by atoms with Crippen molar-refractivity contribution in [2.45, 2.75) is 51.7 Å². The summed E-state index contributed by atoms with van der Waals surface area (Å²) in [6, 6.07) is 8.52. The zero-order valence-electron chi connectivity index (χ0n) is 18.4. The Morgan fingerprint density at radius 1 is 1.00 bits per heavy atom. The Kier molecular flexibility index (Phi) is 6.58. The van der Waals surface area contributed by atoms with E-state index in [0.717, 1.165) is 50.2 Å². The third-order valence-electron chi connectivity index (χ3n) is 6.70. The first-order chi connectivity index (χ1) is 14.6. The van der Waals surface area contributed by atoms with Gasteiger partial charge in [-0.25, -0.2) is 4.79 Å². The first-order valence-electron chi connectivity index (χ1n) is 11.5. The van der Waals surface area contributed by atoms with Crippen molar-refractivity contribution >= 4 is 16.9 Å². The second-order valence-electron chi connectivity index (χ2n) is 8.80. The summed E-state index contributed by atoms with van der Waals surface area (Å²) >= 11 is 0. The van der Waals surface area contributed by atoms with Crippen LogP contribution in [0.1, 0.15) is 32.6 Å². The zero-order valence-corrected chi connectivity index (χ0v) is 18.4. The van der Waals surface area contributed by atoms with Crippen LogP contribution in [0.5, 0.6) is 0 Å². The van der Waals surface area contributed by atoms with Crippen molar-refractivity contribution in [1.82, 2.24) is 23.8 Å². The van der Waals surface area contributed by atoms with Gasteiger partial charge in [0.15, 0.2) is 0 Å². The summed E-state index contributed by atoms with van der Waals surface area (Å²) in [5.41, 5.74) is 1.88. The Morgan fingerprint density at radius 2 is 1.67 bits per heavy atom. The first-order valence-corrected chi connectivity index (χ1v) is 11.5. The number of imidazole rings is 1. The van der Waals surface area contributed by atoms with Crippen molar-refractivity contribution in [2.75, 3.05) is 46.3 Å². The quantitative estimate of drug-likeness (QED) is 0.725. The molecule has 1 aromatic heterocycles. The molecule has 1 atom stereocenters. The molecule has 7 nitrogen and oxygen atoms in total. The average molecular weight is 414 g/mol. The second-order valence-corrected chi connectivity index (χ2v) is 8.80. The van der Waals surface area contributed by atoms with Crippen LogP contribution < -0.4 is 5.69 Å². The largest absolute Gasteiger partial charge is 0.340 e. The number of para-hydroxylation sites is 2. The molecule has 2 aliphatic heterocycles. The SMILES string of the molecule is CCCn1c(=O)n(CCC(=O)N2CCN(C3CCCN(C)C3)CC2)c2ccccc21. The number of likely N-dealkylation sites (N-methyl/N-ethyl adjacent to an activating group) is 1. The molecule has 0 N–H and O–H groups in total. The Hall–Kier alpha value is -2.12. The van der Waals surface area contributed by atoms with Crippen LogP contribution in [0.4, 0.5) is 0 Å². The average Bonchev–Trinajstić information content (AvgIpc) is 3.03. The Balaban J connectivity index is 1.36. The maximum absolute atomic E-state index is 12.9. The van der Waals surface area contributed by atoms with Gasteiger partial charge in [0.2, 0.25) is 5.91 Å². The van der Waals surface area contributed by atoms with E-state index in [9.17, 15) is 9.59 Å². The Morgan fingerprint density at radius 3 is 2.30 bits per heavy atom. The lowest BCUT2D eigenvalue weighted by atomic mass is 10.0. The van der Waals surface area contributed by atoms with Gasteiger partial charge in [0.05, 0.1) is 11.0 Å². The molecule has 2 saturated heterocycles. The van der Waals surface area contributed by atoms with Crippen LogP contribution in [-0.4, -0.2) is 82.1 Å². The second kappa shape index (κ2) is 9.35. The number of benzene rings is 1. The molecule has 30 heavy (non-hydrogen) atoms. The molecule has 1 unspecified atom stereocenters. The number of aryl methyl sites for hydroxylation is 2. The van der Waals surface area contributed by atoms with Gasteiger partial charge in [-0.15, -0.1) is 0 Å². The number of aromatic nitrogens is 2. The highest BCUT2D eigenvalue weighted by molar-refractivity contribution is 5.78. The molecule has 1 aromatic carbocycles. The van der Waals surface area contributed by atoms with Crippen LogP contribution in [0.2, 0.25) is 0 Å². The van der Waals surface area contributed by atoms with Gasteiger partial charge in [-0.3, -0.25) is 18.8 Å². The van der Waals surface area contributed by atoms with Gasteiger partial charge in [0, 0.05) is 58.3 Å². The molecule has 4 rings (SSSR count). The van der Waals surface area contributed by atoms with Crippen molar-refractivity contribution < 1.29 is 4.79 Å². The minimum absolute atomic E-state index is 0.00270. The minimum Gasteiger partial charge on any atom is -0.340 e. The Bertz CT molecular complexity index is 925. The molecule has 2 aliphatic rings. The molecular formula is C23H35N5O2. The fourth-order valence-corrected chi connectivity index (χ4v) is 5.07. The van der Waals surface area contributed by atoms with Crippen LogP contribution in [0.25, 0.3) is 11.0 Å². The highest BCUT2D eigenvalue weighted by Gasteiger charge is 2.28. The molecule has 0 radical (unpaired) electrons. The summed E-state index contributed by atoms with van der Waals surface area (Å²) in [6.45, 7) is 9.08. The third-order valence-corrected chi connectivity index (χ3v) is 6.70. The third kappa shape index (κ3) is 4.32. The lowest BCUT2D eigenvalue weighted by molar-refractivity contribution is -0.133. The fraction of sp³-hybridized carbons (Fsp3) is 0.652. The van der Waals surface area contributed by atoms with Gasteiger partial charge < -0.3 is 9.80 Å². The standard InChI is InChI=1S/C23H35N5O2/c1-3-11-27-20-8-4-5-9-21(20)28(23(27)30)13-10-22(29)26-16-14-25(15-17-26)19-7-6-12-24(2)18-19/h4-5,8-9,19H,3,6-7,10-18H2,1-2H3. The number of hydrogen-bond acceptors (Lipinski definition) is 4. The van der Waals surface area contributed by atoms with Gasteiger partial charge in [0.1, 0.15) is 0 Å². The lowest BCUT2D eigenvalue weighted by Gasteiger charge is -2.42. The zero-order chi connectivity index (χ0) is 21.1. The highest BCUT2D eigenvalue weighted by Crippen LogP contribution is 2.18. The number of carbonyl (C=O) groups is 1. The molecule has 7 heteroatoms. The van der Waals surface area contributed by atoms with Crippen LogP contribution in [0.3, 0.4) is 0 Å². The maximum Gasteiger partial charge on any atom is 0.329 e. The molecule has 0 spiro atoms. The summed E-state index contributed by atoms with van der Waals surface area (Å²) in [4.78, 5) is 32.7. The normalized spacial score (nSPS) is 21.4. The topological polar surface area (TPSA) is 53.7 Å². The number of hydrogen-bond donors (Lipinski definition) is 0. The van der Waals surface area contributed by atoms with Gasteiger partial charge in [-0.05, 0) is 45.0 Å². The first kappa shape index (κ1) is 21.1. The number of nitrogens with zero attached hydrogens (tertiary/aromatic N) is 5. The van der Waals surface area contributed by atoms with Gasteiger partial charge in [0.25, 0.3) is 0 Å². The van der Waals surface area contributed by atoms with Gasteiger partial charge >= 0.3 is 5.69 Å². The van der Waals surface area contributed by atoms with Crippen molar-refractivity contribution in [3.05, 3.63) is 34.7 Å².